The summed E-state index contributed by atoms with van der Waals surface area (Å²) in [6, 6.07) is 5.11. The number of rotatable bonds is 7. The predicted molar refractivity (Wildman–Crippen MR) is 199 cm³/mol. The van der Waals surface area contributed by atoms with Crippen molar-refractivity contribution in [2.75, 3.05) is 27.3 Å². The SMILES string of the molecule is CC[C@@H]1OC(=O)[C@H](C)C(=O)[C@H](C)[C@@H](O[C@@H]2O[C@H](C)C[C@H](N(C)C)[C@H]2O)[C@@]2(C)C[C@@H](C)C(=NC(C)=O)C[C@H](OC/C(=N/OCc3ccccn3)CO2)[C@]1(C)O. The molecule has 0 aliphatic carbocycles. The van der Waals surface area contributed by atoms with Gasteiger partial charge in [0.25, 0.3) is 0 Å². The van der Waals surface area contributed by atoms with Crippen molar-refractivity contribution in [1.29, 1.82) is 0 Å². The van der Waals surface area contributed by atoms with E-state index in [2.05, 4.69) is 15.1 Å². The minimum Gasteiger partial charge on any atom is -0.459 e. The maximum atomic E-state index is 14.4. The number of hydrogen-bond donors (Lipinski definition) is 2. The quantitative estimate of drug-likeness (QED) is 0.235. The number of fused-ring (bicyclic) bond motifs is 5. The predicted octanol–water partition coefficient (Wildman–Crippen LogP) is 3.27. The van der Waals surface area contributed by atoms with Gasteiger partial charge in [0, 0.05) is 37.2 Å². The average Bonchev–Trinajstić information content (AvgIpc) is 3.14. The lowest BCUT2D eigenvalue weighted by atomic mass is 9.76. The van der Waals surface area contributed by atoms with Crippen molar-refractivity contribution in [3.8, 4) is 0 Å². The van der Waals surface area contributed by atoms with Crippen LogP contribution in [0.4, 0.5) is 0 Å². The Morgan fingerprint density at radius 1 is 1.13 bits per heavy atom. The number of aliphatic hydroxyl groups excluding tert-OH is 1. The van der Waals surface area contributed by atoms with Gasteiger partial charge in [-0.1, -0.05) is 32.0 Å². The molecule has 15 nitrogen and oxygen atoms in total. The van der Waals surface area contributed by atoms with Crippen molar-refractivity contribution >= 4 is 29.1 Å². The van der Waals surface area contributed by atoms with Crippen molar-refractivity contribution in [2.45, 2.75) is 142 Å². The molecule has 0 saturated carbocycles. The van der Waals surface area contributed by atoms with Gasteiger partial charge < -0.3 is 43.6 Å². The highest BCUT2D eigenvalue weighted by molar-refractivity contribution is 6.00. The Hall–Kier alpha value is -3.18. The van der Waals surface area contributed by atoms with Crippen LogP contribution in [0.15, 0.2) is 34.5 Å². The summed E-state index contributed by atoms with van der Waals surface area (Å²) in [7, 11) is 3.73. The number of ketones is 1. The van der Waals surface area contributed by atoms with Gasteiger partial charge in [0.2, 0.25) is 5.91 Å². The third-order valence-corrected chi connectivity index (χ3v) is 10.9. The lowest BCUT2D eigenvalue weighted by Crippen LogP contribution is -2.59. The van der Waals surface area contributed by atoms with Gasteiger partial charge >= 0.3 is 5.97 Å². The molecule has 2 bridgehead atoms. The summed E-state index contributed by atoms with van der Waals surface area (Å²) in [4.78, 5) is 57.0. The molecule has 15 heteroatoms. The zero-order valence-electron chi connectivity index (χ0n) is 33.4. The molecule has 302 valence electrons. The molecule has 1 aromatic heterocycles. The summed E-state index contributed by atoms with van der Waals surface area (Å²) in [5.41, 5.74) is -1.82. The van der Waals surface area contributed by atoms with Crippen molar-refractivity contribution in [1.82, 2.24) is 9.88 Å². The minimum atomic E-state index is -1.81. The third kappa shape index (κ3) is 10.6. The van der Waals surface area contributed by atoms with Crippen molar-refractivity contribution in [3.63, 3.8) is 0 Å². The second-order valence-electron chi connectivity index (χ2n) is 15.7. The Morgan fingerprint density at radius 3 is 2.48 bits per heavy atom. The zero-order valence-corrected chi connectivity index (χ0v) is 33.4. The van der Waals surface area contributed by atoms with Gasteiger partial charge in [0.05, 0.1) is 42.8 Å². The molecule has 0 unspecified atom stereocenters. The van der Waals surface area contributed by atoms with E-state index in [1.54, 1.807) is 39.1 Å². The number of ether oxygens (including phenoxy) is 5. The molecular formula is C39H60N4O11. The molecule has 4 rings (SSSR count). The summed E-state index contributed by atoms with van der Waals surface area (Å²) in [5.74, 6) is -4.51. The molecule has 12 atom stereocenters. The Morgan fingerprint density at radius 2 is 1.85 bits per heavy atom. The van der Waals surface area contributed by atoms with Crippen LogP contribution < -0.4 is 0 Å². The van der Waals surface area contributed by atoms with Crippen LogP contribution in [0.25, 0.3) is 0 Å². The fraction of sp³-hybridized carbons (Fsp3) is 0.744. The molecule has 1 aromatic rings. The highest BCUT2D eigenvalue weighted by atomic mass is 16.7. The molecule has 3 fully saturated rings. The van der Waals surface area contributed by atoms with E-state index in [9.17, 15) is 24.6 Å². The first-order chi connectivity index (χ1) is 25.4. The lowest BCUT2D eigenvalue weighted by molar-refractivity contribution is -0.296. The largest absolute Gasteiger partial charge is 0.459 e. The first-order valence-corrected chi connectivity index (χ1v) is 18.9. The number of aromatic nitrogens is 1. The van der Waals surface area contributed by atoms with Crippen LogP contribution >= 0.6 is 0 Å². The van der Waals surface area contributed by atoms with Gasteiger partial charge in [-0.3, -0.25) is 19.4 Å². The monoisotopic (exact) mass is 760 g/mol. The number of amides is 1. The van der Waals surface area contributed by atoms with Crippen LogP contribution in [-0.4, -0.2) is 131 Å². The molecule has 3 aliphatic heterocycles. The third-order valence-electron chi connectivity index (χ3n) is 10.9. The van der Waals surface area contributed by atoms with Crippen LogP contribution in [0, 0.1) is 17.8 Å². The fourth-order valence-electron chi connectivity index (χ4n) is 7.69. The molecule has 2 N–H and O–H groups in total. The van der Waals surface area contributed by atoms with Crippen molar-refractivity contribution in [2.24, 2.45) is 27.9 Å². The van der Waals surface area contributed by atoms with Crippen LogP contribution in [0.3, 0.4) is 0 Å². The van der Waals surface area contributed by atoms with Gasteiger partial charge in [-0.05, 0) is 79.1 Å². The van der Waals surface area contributed by atoms with Gasteiger partial charge in [-0.15, -0.1) is 0 Å². The van der Waals surface area contributed by atoms with E-state index >= 15 is 0 Å². The molecule has 1 amide bonds. The van der Waals surface area contributed by atoms with Gasteiger partial charge in [0.15, 0.2) is 18.7 Å². The Bertz CT molecular complexity index is 1500. The number of aliphatic imine (C=N–C) groups is 1. The second-order valence-corrected chi connectivity index (χ2v) is 15.7. The number of Topliss-reactive ketones (excluding diaryl/α,β-unsaturated/α-hetero) is 1. The minimum absolute atomic E-state index is 0.0119. The molecule has 4 heterocycles. The average molecular weight is 761 g/mol. The smallest absolute Gasteiger partial charge is 0.316 e. The van der Waals surface area contributed by atoms with Crippen LogP contribution in [-0.2, 0) is 49.5 Å². The number of aliphatic hydroxyl groups is 2. The van der Waals surface area contributed by atoms with Crippen molar-refractivity contribution in [3.05, 3.63) is 30.1 Å². The summed E-state index contributed by atoms with van der Waals surface area (Å²) < 4.78 is 32.0. The molecule has 3 aliphatic rings. The van der Waals surface area contributed by atoms with E-state index in [0.717, 1.165) is 0 Å². The van der Waals surface area contributed by atoms with Crippen molar-refractivity contribution < 1.29 is 53.1 Å². The summed E-state index contributed by atoms with van der Waals surface area (Å²) >= 11 is 0. The normalized spacial score (nSPS) is 39.1. The standard InChI is InChI=1S/C39H60N4O11/c1-11-31-39(8,48)32-17-29(41-26(6)44)22(2)18-38(7,50-20-28(19-49-32)42-51-21-27-14-12-13-15-40-27)35(24(4)33(45)25(5)36(47)53-31)54-37-34(46)30(43(9)10)16-23(3)52-37/h12-15,22-25,30-32,34-35,37,46,48H,11,16-21H2,1-10H3/b41-29?,42-28-/t22-,23-,24+,25-,30+,31+,32+,34-,35-,37+,38-,39-/m1/s1. The number of oxime groups is 1. The maximum Gasteiger partial charge on any atom is 0.316 e. The molecule has 0 aromatic carbocycles. The number of nitrogens with zero attached hydrogens (tertiary/aromatic N) is 4. The first kappa shape index (κ1) is 43.5. The van der Waals surface area contributed by atoms with Gasteiger partial charge in [-0.2, -0.15) is 0 Å². The second kappa shape index (κ2) is 18.6. The number of carbonyl (C=O) groups excluding carboxylic acids is 3. The van der Waals surface area contributed by atoms with E-state index < -0.39 is 77.3 Å². The van der Waals surface area contributed by atoms with E-state index in [0.29, 0.717) is 23.5 Å². The van der Waals surface area contributed by atoms with Crippen LogP contribution in [0.5, 0.6) is 0 Å². The number of cyclic esters (lactones) is 1. The number of likely N-dealkylation sites (N-methyl/N-ethyl adjacent to an activating group) is 1. The summed E-state index contributed by atoms with van der Waals surface area (Å²) in [5, 5.41) is 28.1. The lowest BCUT2D eigenvalue weighted by Gasteiger charge is -2.47. The fourth-order valence-corrected chi connectivity index (χ4v) is 7.69. The number of carbonyl (C=O) groups is 3. The Balaban J connectivity index is 1.90. The summed E-state index contributed by atoms with van der Waals surface area (Å²) in [6.45, 7) is 13.0. The number of hydrogen-bond acceptors (Lipinski definition) is 14. The molecule has 0 spiro atoms. The number of esters is 1. The Kier molecular flexibility index (Phi) is 15.0. The van der Waals surface area contributed by atoms with E-state index in [1.807, 2.05) is 38.9 Å². The maximum absolute atomic E-state index is 14.4. The van der Waals surface area contributed by atoms with E-state index in [-0.39, 0.29) is 51.2 Å². The van der Waals surface area contributed by atoms with Crippen LogP contribution in [0.2, 0.25) is 0 Å². The number of pyridine rings is 1. The summed E-state index contributed by atoms with van der Waals surface area (Å²) in [6.07, 6.45) is -3.30. The Labute approximate surface area is 318 Å². The molecule has 54 heavy (non-hydrogen) atoms. The first-order valence-electron chi connectivity index (χ1n) is 18.9. The van der Waals surface area contributed by atoms with Crippen LogP contribution in [0.1, 0.15) is 86.8 Å². The molecule has 3 saturated heterocycles. The molecular weight excluding hydrogens is 700 g/mol. The zero-order chi connectivity index (χ0) is 40.0. The highest BCUT2D eigenvalue weighted by Crippen LogP contribution is 2.39. The van der Waals surface area contributed by atoms with E-state index in [4.69, 9.17) is 28.5 Å². The molecule has 0 radical (unpaired) electrons. The highest BCUT2D eigenvalue weighted by Gasteiger charge is 2.51. The van der Waals surface area contributed by atoms with Gasteiger partial charge in [-0.25, -0.2) is 4.99 Å². The van der Waals surface area contributed by atoms with E-state index in [1.165, 1.54) is 20.8 Å². The van der Waals surface area contributed by atoms with Gasteiger partial charge in [0.1, 0.15) is 29.4 Å². The topological polar surface area (TPSA) is 188 Å².